The molecule has 0 spiro atoms. The molecular formula is C19H19N3OS2. The van der Waals surface area contributed by atoms with Crippen molar-refractivity contribution in [2.24, 2.45) is 11.8 Å². The number of Topliss-reactive ketones (excluding diaryl/α,β-unsaturated/α-hetero) is 1. The molecule has 3 saturated heterocycles. The lowest BCUT2D eigenvalue weighted by Gasteiger charge is -2.44. The summed E-state index contributed by atoms with van der Waals surface area (Å²) in [5, 5.41) is 3.99. The Morgan fingerprint density at radius 3 is 2.88 bits per heavy atom. The second-order valence-corrected chi connectivity index (χ2v) is 8.80. The molecule has 6 heteroatoms. The van der Waals surface area contributed by atoms with Gasteiger partial charge in [0.25, 0.3) is 0 Å². The predicted molar refractivity (Wildman–Crippen MR) is 102 cm³/mol. The highest BCUT2D eigenvalue weighted by Crippen LogP contribution is 2.36. The Kier molecular flexibility index (Phi) is 3.91. The molecule has 3 fully saturated rings. The first kappa shape index (κ1) is 15.6. The molecule has 2 bridgehead atoms. The molecule has 3 aliphatic rings. The molecule has 4 nitrogen and oxygen atoms in total. The Labute approximate surface area is 154 Å². The van der Waals surface area contributed by atoms with Crippen LogP contribution in [0.2, 0.25) is 0 Å². The van der Waals surface area contributed by atoms with Crippen LogP contribution in [0.3, 0.4) is 0 Å². The Bertz CT molecular complexity index is 910. The summed E-state index contributed by atoms with van der Waals surface area (Å²) in [4.78, 5) is 19.8. The van der Waals surface area contributed by atoms with Crippen molar-refractivity contribution in [2.45, 2.75) is 19.3 Å². The van der Waals surface area contributed by atoms with E-state index >= 15 is 0 Å². The Morgan fingerprint density at radius 1 is 1.28 bits per heavy atom. The van der Waals surface area contributed by atoms with Gasteiger partial charge in [0, 0.05) is 35.5 Å². The lowest BCUT2D eigenvalue weighted by Crippen LogP contribution is -2.47. The lowest BCUT2D eigenvalue weighted by atomic mass is 9.76. The van der Waals surface area contributed by atoms with Crippen LogP contribution in [0.5, 0.6) is 0 Å². The van der Waals surface area contributed by atoms with Gasteiger partial charge < -0.3 is 4.90 Å². The maximum absolute atomic E-state index is 12.9. The highest BCUT2D eigenvalue weighted by molar-refractivity contribution is 7.14. The van der Waals surface area contributed by atoms with E-state index in [-0.39, 0.29) is 5.78 Å². The minimum Gasteiger partial charge on any atom is -0.303 e. The van der Waals surface area contributed by atoms with Crippen molar-refractivity contribution in [1.29, 1.82) is 0 Å². The number of ketones is 1. The largest absolute Gasteiger partial charge is 0.303 e. The lowest BCUT2D eigenvalue weighted by molar-refractivity contribution is 0.0440. The zero-order valence-corrected chi connectivity index (χ0v) is 15.5. The topological polar surface area (TPSA) is 46.1 Å². The molecule has 0 amide bonds. The maximum Gasteiger partial charge on any atom is 0.183 e. The van der Waals surface area contributed by atoms with Crippen LogP contribution >= 0.6 is 22.9 Å². The molecule has 5 heterocycles. The molecule has 6 rings (SSSR count). The summed E-state index contributed by atoms with van der Waals surface area (Å²) < 4.78 is 5.58. The van der Waals surface area contributed by atoms with E-state index in [1.807, 2.05) is 17.6 Å². The van der Waals surface area contributed by atoms with Crippen molar-refractivity contribution in [3.8, 4) is 10.6 Å². The first-order chi connectivity index (χ1) is 12.3. The fraction of sp³-hybridized carbons (Fsp3) is 0.421. The van der Waals surface area contributed by atoms with E-state index in [0.29, 0.717) is 18.0 Å². The summed E-state index contributed by atoms with van der Waals surface area (Å²) in [6.07, 6.45) is 4.98. The van der Waals surface area contributed by atoms with E-state index in [0.717, 1.165) is 33.1 Å². The van der Waals surface area contributed by atoms with E-state index < -0.39 is 0 Å². The number of benzene rings is 1. The van der Waals surface area contributed by atoms with Gasteiger partial charge in [-0.15, -0.1) is 11.3 Å². The number of aromatic nitrogens is 2. The van der Waals surface area contributed by atoms with Gasteiger partial charge in [0.15, 0.2) is 5.78 Å². The minimum atomic E-state index is 0.215. The van der Waals surface area contributed by atoms with Crippen LogP contribution in [0.1, 0.15) is 29.8 Å². The van der Waals surface area contributed by atoms with Crippen LogP contribution < -0.4 is 0 Å². The molecular weight excluding hydrogens is 350 g/mol. The van der Waals surface area contributed by atoms with Gasteiger partial charge >= 0.3 is 0 Å². The first-order valence-corrected chi connectivity index (χ1v) is 10.5. The molecule has 128 valence electrons. The number of carbonyl (C=O) groups excluding carboxylic acids is 1. The van der Waals surface area contributed by atoms with Crippen molar-refractivity contribution in [1.82, 2.24) is 14.3 Å². The molecule has 0 aliphatic carbocycles. The maximum atomic E-state index is 12.9. The molecule has 0 saturated carbocycles. The molecule has 3 aromatic rings. The smallest absolute Gasteiger partial charge is 0.183 e. The highest BCUT2D eigenvalue weighted by atomic mass is 32.1. The third kappa shape index (κ3) is 2.82. The molecule has 25 heavy (non-hydrogen) atoms. The van der Waals surface area contributed by atoms with Gasteiger partial charge in [0.1, 0.15) is 10.7 Å². The first-order valence-electron chi connectivity index (χ1n) is 8.83. The fourth-order valence-electron chi connectivity index (χ4n) is 4.29. The van der Waals surface area contributed by atoms with Crippen molar-refractivity contribution in [2.75, 3.05) is 19.6 Å². The Balaban J connectivity index is 1.40. The molecule has 0 radical (unpaired) electrons. The van der Waals surface area contributed by atoms with Crippen molar-refractivity contribution >= 4 is 38.7 Å². The molecule has 1 aromatic carbocycles. The summed E-state index contributed by atoms with van der Waals surface area (Å²) in [6.45, 7) is 3.52. The summed E-state index contributed by atoms with van der Waals surface area (Å²) >= 11 is 3.06. The van der Waals surface area contributed by atoms with Gasteiger partial charge in [-0.2, -0.15) is 4.37 Å². The number of nitrogens with zero attached hydrogens (tertiary/aromatic N) is 3. The number of hydrogen-bond donors (Lipinski definition) is 0. The van der Waals surface area contributed by atoms with Gasteiger partial charge in [-0.3, -0.25) is 4.79 Å². The van der Waals surface area contributed by atoms with E-state index in [9.17, 15) is 4.79 Å². The number of rotatable bonds is 4. The molecule has 1 atom stereocenters. The van der Waals surface area contributed by atoms with Crippen LogP contribution in [0.25, 0.3) is 20.7 Å². The number of fused-ring (bicyclic) bond motifs is 4. The van der Waals surface area contributed by atoms with Crippen molar-refractivity contribution in [3.05, 3.63) is 35.5 Å². The van der Waals surface area contributed by atoms with E-state index in [1.54, 1.807) is 11.3 Å². The normalized spacial score (nSPS) is 25.5. The third-order valence-electron chi connectivity index (χ3n) is 5.65. The summed E-state index contributed by atoms with van der Waals surface area (Å²) in [7, 11) is 0. The van der Waals surface area contributed by atoms with Gasteiger partial charge in [0.2, 0.25) is 0 Å². The zero-order valence-electron chi connectivity index (χ0n) is 13.9. The second kappa shape index (κ2) is 6.27. The van der Waals surface area contributed by atoms with E-state index in [4.69, 9.17) is 0 Å². The molecule has 2 aromatic heterocycles. The number of piperidine rings is 3. The monoisotopic (exact) mass is 369 g/mol. The van der Waals surface area contributed by atoms with Gasteiger partial charge in [0.05, 0.1) is 4.70 Å². The van der Waals surface area contributed by atoms with E-state index in [1.165, 1.54) is 37.5 Å². The molecule has 0 N–H and O–H groups in total. The third-order valence-corrected chi connectivity index (χ3v) is 7.29. The SMILES string of the molecule is O=C(C[C@@H]1CN2CCC1CC2)c1nsc2cc(-c3nccs3)ccc12. The number of thiazole rings is 1. The average molecular weight is 370 g/mol. The van der Waals surface area contributed by atoms with Gasteiger partial charge in [-0.1, -0.05) is 12.1 Å². The Morgan fingerprint density at radius 2 is 2.16 bits per heavy atom. The zero-order chi connectivity index (χ0) is 16.8. The summed E-state index contributed by atoms with van der Waals surface area (Å²) in [5.74, 6) is 1.46. The van der Waals surface area contributed by atoms with Crippen LogP contribution in [0, 0.1) is 11.8 Å². The van der Waals surface area contributed by atoms with Crippen LogP contribution in [0.15, 0.2) is 29.8 Å². The number of hydrogen-bond acceptors (Lipinski definition) is 6. The fourth-order valence-corrected chi connectivity index (χ4v) is 5.76. The molecule has 3 aliphatic heterocycles. The number of carbonyl (C=O) groups is 1. The van der Waals surface area contributed by atoms with Crippen LogP contribution in [0.4, 0.5) is 0 Å². The van der Waals surface area contributed by atoms with Crippen molar-refractivity contribution in [3.63, 3.8) is 0 Å². The highest BCUT2D eigenvalue weighted by Gasteiger charge is 2.35. The molecule has 0 unspecified atom stereocenters. The minimum absolute atomic E-state index is 0.215. The summed E-state index contributed by atoms with van der Waals surface area (Å²) in [6, 6.07) is 6.21. The Hall–Kier alpha value is -1.63. The van der Waals surface area contributed by atoms with Gasteiger partial charge in [-0.05, 0) is 55.4 Å². The van der Waals surface area contributed by atoms with Crippen LogP contribution in [-0.2, 0) is 0 Å². The van der Waals surface area contributed by atoms with Gasteiger partial charge in [-0.25, -0.2) is 4.98 Å². The summed E-state index contributed by atoms with van der Waals surface area (Å²) in [5.41, 5.74) is 1.77. The average Bonchev–Trinajstić information content (AvgIpc) is 3.32. The quantitative estimate of drug-likeness (QED) is 0.642. The standard InChI is InChI=1S/C19H19N3OS2/c23-16(9-14-11-22-6-3-12(14)4-7-22)18-15-2-1-13(10-17(15)25-21-18)19-20-5-8-24-19/h1-2,5,8,10,12,14H,3-4,6-7,9,11H2/t14-/m1/s1. The van der Waals surface area contributed by atoms with Crippen molar-refractivity contribution < 1.29 is 4.79 Å². The second-order valence-electron chi connectivity index (χ2n) is 7.10. The predicted octanol–water partition coefficient (Wildman–Crippen LogP) is 4.33. The van der Waals surface area contributed by atoms with Crippen LogP contribution in [-0.4, -0.2) is 39.7 Å². The van der Waals surface area contributed by atoms with E-state index in [2.05, 4.69) is 26.4 Å².